The fourth-order valence-electron chi connectivity index (χ4n) is 4.43. The van der Waals surface area contributed by atoms with E-state index in [1.807, 2.05) is 73.8 Å². The van der Waals surface area contributed by atoms with Crippen molar-refractivity contribution in [1.82, 2.24) is 4.57 Å². The van der Waals surface area contributed by atoms with Crippen LogP contribution in [-0.2, 0) is 11.8 Å². The number of benzene rings is 4. The van der Waals surface area contributed by atoms with Crippen LogP contribution < -0.4 is 10.1 Å². The standard InChI is InChI=1S/C30H25FN2O2/c1-33-20-26(24-14-5-8-17-29(24)33)25(19-30(34)32-28-16-7-6-15-27(28)31)21-10-9-13-23(18-21)35-22-11-3-2-4-12-22/h2-18,20,25H,19H2,1H3,(H,32,34). The van der Waals surface area contributed by atoms with Crippen molar-refractivity contribution in [2.75, 3.05) is 5.32 Å². The van der Waals surface area contributed by atoms with Gasteiger partial charge in [0.1, 0.15) is 17.3 Å². The highest BCUT2D eigenvalue weighted by molar-refractivity contribution is 5.93. The van der Waals surface area contributed by atoms with Gasteiger partial charge in [0, 0.05) is 36.5 Å². The number of halogens is 1. The zero-order valence-electron chi connectivity index (χ0n) is 19.3. The molecule has 1 heterocycles. The predicted molar refractivity (Wildman–Crippen MR) is 137 cm³/mol. The molecule has 0 saturated heterocycles. The Morgan fingerprint density at radius 3 is 2.43 bits per heavy atom. The lowest BCUT2D eigenvalue weighted by Crippen LogP contribution is -2.17. The van der Waals surface area contributed by atoms with E-state index >= 15 is 0 Å². The maximum absolute atomic E-state index is 14.2. The number of aromatic nitrogens is 1. The largest absolute Gasteiger partial charge is 0.457 e. The number of nitrogens with one attached hydrogen (secondary N) is 1. The quantitative estimate of drug-likeness (QED) is 0.275. The Morgan fingerprint density at radius 2 is 1.60 bits per heavy atom. The molecular formula is C30H25FN2O2. The number of anilines is 1. The van der Waals surface area contributed by atoms with Gasteiger partial charge < -0.3 is 14.6 Å². The average molecular weight is 465 g/mol. The first kappa shape index (κ1) is 22.4. The number of fused-ring (bicyclic) bond motifs is 1. The molecule has 174 valence electrons. The van der Waals surface area contributed by atoms with E-state index < -0.39 is 5.82 Å². The van der Waals surface area contributed by atoms with Crippen molar-refractivity contribution in [2.24, 2.45) is 7.05 Å². The zero-order valence-corrected chi connectivity index (χ0v) is 19.3. The van der Waals surface area contributed by atoms with E-state index in [0.29, 0.717) is 5.75 Å². The number of nitrogens with zero attached hydrogens (tertiary/aromatic N) is 1. The lowest BCUT2D eigenvalue weighted by atomic mass is 9.88. The van der Waals surface area contributed by atoms with Crippen LogP contribution in [0.1, 0.15) is 23.5 Å². The fraction of sp³-hybridized carbons (Fsp3) is 0.100. The summed E-state index contributed by atoms with van der Waals surface area (Å²) in [5.41, 5.74) is 3.23. The first-order chi connectivity index (χ1) is 17.1. The molecule has 1 unspecified atom stereocenters. The van der Waals surface area contributed by atoms with Crippen LogP contribution in [0.2, 0.25) is 0 Å². The number of aryl methyl sites for hydroxylation is 1. The number of ether oxygens (including phenoxy) is 1. The Kier molecular flexibility index (Phi) is 6.31. The van der Waals surface area contributed by atoms with Gasteiger partial charge in [-0.25, -0.2) is 4.39 Å². The molecule has 1 amide bonds. The van der Waals surface area contributed by atoms with Crippen molar-refractivity contribution in [2.45, 2.75) is 12.3 Å². The maximum Gasteiger partial charge on any atom is 0.225 e. The summed E-state index contributed by atoms with van der Waals surface area (Å²) in [5.74, 6) is 0.451. The number of carbonyl (C=O) groups is 1. The minimum absolute atomic E-state index is 0.150. The molecule has 5 heteroatoms. The van der Waals surface area contributed by atoms with E-state index in [4.69, 9.17) is 4.74 Å². The highest BCUT2D eigenvalue weighted by atomic mass is 19.1. The second kappa shape index (κ2) is 9.85. The van der Waals surface area contributed by atoms with Gasteiger partial charge in [0.15, 0.2) is 0 Å². The lowest BCUT2D eigenvalue weighted by molar-refractivity contribution is -0.116. The topological polar surface area (TPSA) is 43.3 Å². The fourth-order valence-corrected chi connectivity index (χ4v) is 4.43. The number of amides is 1. The molecule has 5 rings (SSSR count). The van der Waals surface area contributed by atoms with Gasteiger partial charge in [0.25, 0.3) is 0 Å². The predicted octanol–water partition coefficient (Wildman–Crippen LogP) is 7.27. The van der Waals surface area contributed by atoms with Gasteiger partial charge in [-0.1, -0.05) is 60.7 Å². The average Bonchev–Trinajstić information content (AvgIpc) is 3.21. The van der Waals surface area contributed by atoms with Crippen LogP contribution in [0.3, 0.4) is 0 Å². The number of para-hydroxylation sites is 3. The molecule has 0 aliphatic heterocycles. The van der Waals surface area contributed by atoms with Crippen molar-refractivity contribution in [1.29, 1.82) is 0 Å². The third-order valence-electron chi connectivity index (χ3n) is 6.08. The highest BCUT2D eigenvalue weighted by Gasteiger charge is 2.23. The highest BCUT2D eigenvalue weighted by Crippen LogP contribution is 2.36. The maximum atomic E-state index is 14.2. The van der Waals surface area contributed by atoms with Crippen molar-refractivity contribution in [3.63, 3.8) is 0 Å². The number of rotatable bonds is 7. The van der Waals surface area contributed by atoms with Crippen molar-refractivity contribution in [3.05, 3.63) is 126 Å². The summed E-state index contributed by atoms with van der Waals surface area (Å²) in [4.78, 5) is 13.1. The van der Waals surface area contributed by atoms with Crippen LogP contribution in [0.5, 0.6) is 11.5 Å². The first-order valence-corrected chi connectivity index (χ1v) is 11.5. The molecule has 1 N–H and O–H groups in total. The van der Waals surface area contributed by atoms with E-state index in [0.717, 1.165) is 27.8 Å². The molecule has 4 nitrogen and oxygen atoms in total. The van der Waals surface area contributed by atoms with Crippen LogP contribution >= 0.6 is 0 Å². The van der Waals surface area contributed by atoms with Crippen molar-refractivity contribution >= 4 is 22.5 Å². The number of hydrogen-bond donors (Lipinski definition) is 1. The Morgan fingerprint density at radius 1 is 0.886 bits per heavy atom. The van der Waals surface area contributed by atoms with E-state index in [1.165, 1.54) is 6.07 Å². The molecule has 0 fully saturated rings. The van der Waals surface area contributed by atoms with Crippen LogP contribution in [0.25, 0.3) is 10.9 Å². The molecule has 0 saturated carbocycles. The molecule has 0 spiro atoms. The second-order valence-electron chi connectivity index (χ2n) is 8.48. The molecule has 4 aromatic carbocycles. The summed E-state index contributed by atoms with van der Waals surface area (Å²) in [7, 11) is 2.00. The lowest BCUT2D eigenvalue weighted by Gasteiger charge is -2.18. The molecule has 1 atom stereocenters. The van der Waals surface area contributed by atoms with Crippen molar-refractivity contribution < 1.29 is 13.9 Å². The molecule has 0 aliphatic rings. The van der Waals surface area contributed by atoms with Crippen LogP contribution in [-0.4, -0.2) is 10.5 Å². The van der Waals surface area contributed by atoms with Crippen LogP contribution in [0.4, 0.5) is 10.1 Å². The second-order valence-corrected chi connectivity index (χ2v) is 8.48. The monoisotopic (exact) mass is 464 g/mol. The van der Waals surface area contributed by atoms with Crippen molar-refractivity contribution in [3.8, 4) is 11.5 Å². The SMILES string of the molecule is Cn1cc(C(CC(=O)Nc2ccccc2F)c2cccc(Oc3ccccc3)c2)c2ccccc21. The molecule has 0 aliphatic carbocycles. The summed E-state index contributed by atoms with van der Waals surface area (Å²) in [6.45, 7) is 0. The molecular weight excluding hydrogens is 439 g/mol. The van der Waals surface area contributed by atoms with E-state index in [9.17, 15) is 9.18 Å². The summed E-state index contributed by atoms with van der Waals surface area (Å²) >= 11 is 0. The zero-order chi connectivity index (χ0) is 24.2. The minimum atomic E-state index is -0.458. The van der Waals surface area contributed by atoms with Gasteiger partial charge in [-0.3, -0.25) is 4.79 Å². The third-order valence-corrected chi connectivity index (χ3v) is 6.08. The molecule has 0 bridgehead atoms. The third kappa shape index (κ3) is 4.94. The Bertz CT molecular complexity index is 1480. The Hall–Kier alpha value is -4.38. The van der Waals surface area contributed by atoms with E-state index in [1.54, 1.807) is 18.2 Å². The van der Waals surface area contributed by atoms with Gasteiger partial charge in [-0.05, 0) is 53.6 Å². The van der Waals surface area contributed by atoms with E-state index in [-0.39, 0.29) is 23.9 Å². The molecule has 1 aromatic heterocycles. The molecule has 0 radical (unpaired) electrons. The van der Waals surface area contributed by atoms with E-state index in [2.05, 4.69) is 28.2 Å². The normalized spacial score (nSPS) is 11.8. The molecule has 5 aromatic rings. The van der Waals surface area contributed by atoms with Gasteiger partial charge in [-0.15, -0.1) is 0 Å². The van der Waals surface area contributed by atoms with Gasteiger partial charge in [-0.2, -0.15) is 0 Å². The number of carbonyl (C=O) groups excluding carboxylic acids is 1. The van der Waals surface area contributed by atoms with Gasteiger partial charge >= 0.3 is 0 Å². The Labute approximate surface area is 203 Å². The first-order valence-electron chi connectivity index (χ1n) is 11.5. The summed E-state index contributed by atoms with van der Waals surface area (Å²) in [5, 5.41) is 3.81. The Balaban J connectivity index is 1.52. The summed E-state index contributed by atoms with van der Waals surface area (Å²) in [6.07, 6.45) is 2.22. The van der Waals surface area contributed by atoms with Gasteiger partial charge in [0.2, 0.25) is 5.91 Å². The van der Waals surface area contributed by atoms with Gasteiger partial charge in [0.05, 0.1) is 5.69 Å². The number of hydrogen-bond acceptors (Lipinski definition) is 2. The minimum Gasteiger partial charge on any atom is -0.457 e. The smallest absolute Gasteiger partial charge is 0.225 e. The summed E-state index contributed by atoms with van der Waals surface area (Å²) in [6, 6.07) is 31.7. The summed E-state index contributed by atoms with van der Waals surface area (Å²) < 4.78 is 22.3. The molecule has 35 heavy (non-hydrogen) atoms. The van der Waals surface area contributed by atoms with Crippen LogP contribution in [0, 0.1) is 5.82 Å². The van der Waals surface area contributed by atoms with Crippen LogP contribution in [0.15, 0.2) is 109 Å².